The molecule has 1 aromatic heterocycles. The molecule has 0 saturated carbocycles. The first kappa shape index (κ1) is 11.2. The van der Waals surface area contributed by atoms with Crippen molar-refractivity contribution < 1.29 is 4.42 Å². The van der Waals surface area contributed by atoms with Gasteiger partial charge in [0.15, 0.2) is 0 Å². The van der Waals surface area contributed by atoms with Crippen LogP contribution in [0.3, 0.4) is 0 Å². The van der Waals surface area contributed by atoms with E-state index in [4.69, 9.17) is 4.42 Å². The maximum absolute atomic E-state index is 5.42. The van der Waals surface area contributed by atoms with E-state index in [0.29, 0.717) is 5.89 Å². The lowest BCUT2D eigenvalue weighted by molar-refractivity contribution is 0.571. The molecule has 0 aliphatic rings. The number of thioether (sulfide) groups is 1. The topological polar surface area (TPSA) is 38.1 Å². The van der Waals surface area contributed by atoms with Crippen molar-refractivity contribution in [2.45, 2.75) is 11.4 Å². The Hall–Kier alpha value is -1.26. The van der Waals surface area contributed by atoms with Crippen molar-refractivity contribution >= 4 is 11.8 Å². The van der Waals surface area contributed by atoms with E-state index in [9.17, 15) is 0 Å². The van der Waals surface area contributed by atoms with Crippen molar-refractivity contribution in [3.63, 3.8) is 0 Å². The third kappa shape index (κ3) is 2.46. The van der Waals surface area contributed by atoms with Crippen LogP contribution < -0.4 is 5.32 Å². The fourth-order valence-electron chi connectivity index (χ4n) is 1.44. The van der Waals surface area contributed by atoms with Crippen molar-refractivity contribution in [3.8, 4) is 11.5 Å². The molecule has 0 unspecified atom stereocenters. The van der Waals surface area contributed by atoms with Gasteiger partial charge in [-0.1, -0.05) is 0 Å². The summed E-state index contributed by atoms with van der Waals surface area (Å²) in [5.41, 5.74) is 1.94. The van der Waals surface area contributed by atoms with Crippen LogP contribution >= 0.6 is 11.8 Å². The van der Waals surface area contributed by atoms with E-state index in [1.165, 1.54) is 4.90 Å². The molecule has 0 atom stereocenters. The second-order valence-corrected chi connectivity index (χ2v) is 4.28. The van der Waals surface area contributed by atoms with Crippen LogP contribution in [0.25, 0.3) is 11.5 Å². The SMILES string of the molecule is CNCc1coc(-c2ccc(SC)cc2)n1. The smallest absolute Gasteiger partial charge is 0.226 e. The largest absolute Gasteiger partial charge is 0.444 e. The van der Waals surface area contributed by atoms with Crippen molar-refractivity contribution in [1.29, 1.82) is 0 Å². The Morgan fingerprint density at radius 1 is 1.31 bits per heavy atom. The number of nitrogens with zero attached hydrogens (tertiary/aromatic N) is 1. The van der Waals surface area contributed by atoms with Gasteiger partial charge in [0, 0.05) is 17.0 Å². The van der Waals surface area contributed by atoms with E-state index < -0.39 is 0 Å². The number of rotatable bonds is 4. The molecule has 1 heterocycles. The Morgan fingerprint density at radius 2 is 2.06 bits per heavy atom. The van der Waals surface area contributed by atoms with Gasteiger partial charge in [-0.3, -0.25) is 0 Å². The van der Waals surface area contributed by atoms with Gasteiger partial charge < -0.3 is 9.73 Å². The van der Waals surface area contributed by atoms with Gasteiger partial charge in [0.25, 0.3) is 0 Å². The van der Waals surface area contributed by atoms with Gasteiger partial charge in [-0.25, -0.2) is 4.98 Å². The average Bonchev–Trinajstić information content (AvgIpc) is 2.78. The van der Waals surface area contributed by atoms with Gasteiger partial charge >= 0.3 is 0 Å². The summed E-state index contributed by atoms with van der Waals surface area (Å²) in [4.78, 5) is 5.63. The first-order valence-corrected chi connectivity index (χ1v) is 6.29. The lowest BCUT2D eigenvalue weighted by Gasteiger charge is -1.97. The summed E-state index contributed by atoms with van der Waals surface area (Å²) in [6, 6.07) is 8.20. The summed E-state index contributed by atoms with van der Waals surface area (Å²) in [6.45, 7) is 0.729. The zero-order chi connectivity index (χ0) is 11.4. The molecule has 2 aromatic rings. The summed E-state index contributed by atoms with van der Waals surface area (Å²) in [5.74, 6) is 0.679. The molecule has 0 spiro atoms. The van der Waals surface area contributed by atoms with E-state index in [0.717, 1.165) is 17.8 Å². The fourth-order valence-corrected chi connectivity index (χ4v) is 1.84. The van der Waals surface area contributed by atoms with E-state index in [-0.39, 0.29) is 0 Å². The molecule has 0 bridgehead atoms. The zero-order valence-electron chi connectivity index (χ0n) is 9.36. The number of hydrogen-bond donors (Lipinski definition) is 1. The lowest BCUT2D eigenvalue weighted by Crippen LogP contribution is -2.04. The average molecular weight is 234 g/mol. The summed E-state index contributed by atoms with van der Waals surface area (Å²) >= 11 is 1.73. The van der Waals surface area contributed by atoms with Gasteiger partial charge in [0.05, 0.1) is 5.69 Å². The predicted octanol–water partition coefficient (Wildman–Crippen LogP) is 2.78. The molecule has 84 valence electrons. The van der Waals surface area contributed by atoms with Crippen LogP contribution in [0.2, 0.25) is 0 Å². The van der Waals surface area contributed by atoms with Gasteiger partial charge in [-0.2, -0.15) is 0 Å². The molecule has 3 nitrogen and oxygen atoms in total. The zero-order valence-corrected chi connectivity index (χ0v) is 10.2. The van der Waals surface area contributed by atoms with Gasteiger partial charge in [-0.15, -0.1) is 11.8 Å². The first-order valence-electron chi connectivity index (χ1n) is 5.07. The molecule has 0 fully saturated rings. The quantitative estimate of drug-likeness (QED) is 0.825. The molecule has 0 amide bonds. The highest BCUT2D eigenvalue weighted by Gasteiger charge is 2.05. The summed E-state index contributed by atoms with van der Waals surface area (Å²) in [6.07, 6.45) is 3.75. The Balaban J connectivity index is 2.21. The van der Waals surface area contributed by atoms with Crippen LogP contribution in [0.1, 0.15) is 5.69 Å². The minimum atomic E-state index is 0.679. The van der Waals surface area contributed by atoms with Crippen LogP contribution in [0.4, 0.5) is 0 Å². The van der Waals surface area contributed by atoms with Gasteiger partial charge in [-0.05, 0) is 37.6 Å². The van der Waals surface area contributed by atoms with Crippen molar-refractivity contribution in [1.82, 2.24) is 10.3 Å². The number of nitrogens with one attached hydrogen (secondary N) is 1. The highest BCUT2D eigenvalue weighted by molar-refractivity contribution is 7.98. The third-order valence-corrected chi connectivity index (χ3v) is 2.99. The molecule has 0 radical (unpaired) electrons. The highest BCUT2D eigenvalue weighted by Crippen LogP contribution is 2.22. The third-order valence-electron chi connectivity index (χ3n) is 2.25. The molecular weight excluding hydrogens is 220 g/mol. The maximum atomic E-state index is 5.42. The van der Waals surface area contributed by atoms with E-state index in [1.807, 2.05) is 19.2 Å². The fraction of sp³-hybridized carbons (Fsp3) is 0.250. The molecule has 0 aliphatic heterocycles. The van der Waals surface area contributed by atoms with E-state index >= 15 is 0 Å². The van der Waals surface area contributed by atoms with Crippen LogP contribution in [0.5, 0.6) is 0 Å². The van der Waals surface area contributed by atoms with Crippen molar-refractivity contribution in [2.75, 3.05) is 13.3 Å². The summed E-state index contributed by atoms with van der Waals surface area (Å²) in [7, 11) is 1.89. The molecule has 1 aromatic carbocycles. The maximum Gasteiger partial charge on any atom is 0.226 e. The number of benzene rings is 1. The van der Waals surface area contributed by atoms with Crippen LogP contribution in [0.15, 0.2) is 39.8 Å². The number of oxazole rings is 1. The Labute approximate surface area is 99.3 Å². The summed E-state index contributed by atoms with van der Waals surface area (Å²) in [5, 5.41) is 3.04. The summed E-state index contributed by atoms with van der Waals surface area (Å²) < 4.78 is 5.42. The standard InChI is InChI=1S/C12H14N2OS/c1-13-7-10-8-15-12(14-10)9-3-5-11(16-2)6-4-9/h3-6,8,13H,7H2,1-2H3. The van der Waals surface area contributed by atoms with Crippen molar-refractivity contribution in [2.24, 2.45) is 0 Å². The predicted molar refractivity (Wildman–Crippen MR) is 66.5 cm³/mol. The van der Waals surface area contributed by atoms with Gasteiger partial charge in [0.1, 0.15) is 6.26 Å². The van der Waals surface area contributed by atoms with E-state index in [1.54, 1.807) is 18.0 Å². The molecule has 4 heteroatoms. The van der Waals surface area contributed by atoms with Gasteiger partial charge in [0.2, 0.25) is 5.89 Å². The van der Waals surface area contributed by atoms with Crippen molar-refractivity contribution in [3.05, 3.63) is 36.2 Å². The molecule has 0 aliphatic carbocycles. The second kappa shape index (κ2) is 5.18. The minimum absolute atomic E-state index is 0.679. The van der Waals surface area contributed by atoms with E-state index in [2.05, 4.69) is 28.7 Å². The van der Waals surface area contributed by atoms with Crippen LogP contribution in [0, 0.1) is 0 Å². The van der Waals surface area contributed by atoms with Crippen LogP contribution in [-0.4, -0.2) is 18.3 Å². The molecule has 2 rings (SSSR count). The molecule has 16 heavy (non-hydrogen) atoms. The Morgan fingerprint density at radius 3 is 2.69 bits per heavy atom. The monoisotopic (exact) mass is 234 g/mol. The Kier molecular flexibility index (Phi) is 3.64. The number of hydrogen-bond acceptors (Lipinski definition) is 4. The normalized spacial score (nSPS) is 10.6. The minimum Gasteiger partial charge on any atom is -0.444 e. The molecule has 1 N–H and O–H groups in total. The van der Waals surface area contributed by atoms with Crippen LogP contribution in [-0.2, 0) is 6.54 Å². The second-order valence-electron chi connectivity index (χ2n) is 3.40. The Bertz CT molecular complexity index is 450. The first-order chi connectivity index (χ1) is 7.83. The highest BCUT2D eigenvalue weighted by atomic mass is 32.2. The molecular formula is C12H14N2OS. The number of aromatic nitrogens is 1. The molecule has 0 saturated heterocycles. The lowest BCUT2D eigenvalue weighted by atomic mass is 10.2.